The van der Waals surface area contributed by atoms with Gasteiger partial charge in [0.2, 0.25) is 0 Å². The molecule has 0 spiro atoms. The molecule has 0 unspecified atom stereocenters. The number of aryl methyl sites for hydroxylation is 1. The van der Waals surface area contributed by atoms with Gasteiger partial charge in [0.1, 0.15) is 17.3 Å². The number of fused-ring (bicyclic) bond motifs is 1. The molecule has 0 saturated carbocycles. The van der Waals surface area contributed by atoms with Crippen LogP contribution in [0.15, 0.2) is 11.0 Å². The lowest BCUT2D eigenvalue weighted by molar-refractivity contribution is 0.0523. The molecule has 2 aromatic rings. The van der Waals surface area contributed by atoms with E-state index in [9.17, 15) is 14.9 Å². The standard InChI is InChI=1S/C16H15N3O3/c1-5-7-18-9-13(16(21)22-6-2)15(20)19-11(4)10(3)12(8-17)14(18)19/h1,9H,6-7H2,2-4H3. The molecule has 0 aliphatic carbocycles. The molecule has 0 bridgehead atoms. The number of rotatable bonds is 3. The second-order valence-electron chi connectivity index (χ2n) is 4.76. The summed E-state index contributed by atoms with van der Waals surface area (Å²) in [6.45, 7) is 5.44. The molecule has 0 atom stereocenters. The van der Waals surface area contributed by atoms with Crippen molar-refractivity contribution in [1.29, 1.82) is 5.26 Å². The first-order valence-corrected chi connectivity index (χ1v) is 6.73. The fourth-order valence-corrected chi connectivity index (χ4v) is 2.40. The first-order chi connectivity index (χ1) is 10.5. The van der Waals surface area contributed by atoms with Crippen LogP contribution >= 0.6 is 0 Å². The van der Waals surface area contributed by atoms with Gasteiger partial charge in [0.15, 0.2) is 0 Å². The molecule has 2 rings (SSSR count). The Bertz CT molecular complexity index is 904. The van der Waals surface area contributed by atoms with Crippen LogP contribution in [0.2, 0.25) is 0 Å². The van der Waals surface area contributed by atoms with E-state index in [1.54, 1.807) is 25.3 Å². The van der Waals surface area contributed by atoms with Crippen LogP contribution in [0.1, 0.15) is 34.1 Å². The maximum Gasteiger partial charge on any atom is 0.345 e. The Morgan fingerprint density at radius 1 is 1.45 bits per heavy atom. The van der Waals surface area contributed by atoms with Crippen LogP contribution in [-0.2, 0) is 11.3 Å². The monoisotopic (exact) mass is 297 g/mol. The van der Waals surface area contributed by atoms with E-state index in [-0.39, 0.29) is 18.7 Å². The Labute approximate surface area is 127 Å². The summed E-state index contributed by atoms with van der Waals surface area (Å²) in [6.07, 6.45) is 6.71. The highest BCUT2D eigenvalue weighted by Crippen LogP contribution is 2.21. The van der Waals surface area contributed by atoms with Crippen LogP contribution in [-0.4, -0.2) is 21.5 Å². The molecule has 0 aromatic carbocycles. The van der Waals surface area contributed by atoms with Gasteiger partial charge in [-0.2, -0.15) is 5.26 Å². The Morgan fingerprint density at radius 3 is 2.68 bits per heavy atom. The Kier molecular flexibility index (Phi) is 4.05. The van der Waals surface area contributed by atoms with Gasteiger partial charge in [-0.05, 0) is 26.3 Å². The van der Waals surface area contributed by atoms with E-state index in [2.05, 4.69) is 12.0 Å². The number of terminal acetylenes is 1. The van der Waals surface area contributed by atoms with E-state index in [1.807, 2.05) is 0 Å². The van der Waals surface area contributed by atoms with Crippen molar-refractivity contribution in [1.82, 2.24) is 8.97 Å². The highest BCUT2D eigenvalue weighted by atomic mass is 16.5. The Hall–Kier alpha value is -2.99. The number of hydrogen-bond acceptors (Lipinski definition) is 4. The van der Waals surface area contributed by atoms with Gasteiger partial charge in [-0.25, -0.2) is 4.79 Å². The molecule has 0 fully saturated rings. The summed E-state index contributed by atoms with van der Waals surface area (Å²) in [5, 5.41) is 9.35. The summed E-state index contributed by atoms with van der Waals surface area (Å²) in [6, 6.07) is 2.09. The van der Waals surface area contributed by atoms with Crippen LogP contribution < -0.4 is 5.56 Å². The van der Waals surface area contributed by atoms with Crippen molar-refractivity contribution in [2.45, 2.75) is 27.3 Å². The van der Waals surface area contributed by atoms with Gasteiger partial charge in [0, 0.05) is 11.9 Å². The minimum absolute atomic E-state index is 0.104. The van der Waals surface area contributed by atoms with Crippen molar-refractivity contribution in [3.8, 4) is 18.4 Å². The first-order valence-electron chi connectivity index (χ1n) is 6.73. The summed E-state index contributed by atoms with van der Waals surface area (Å²) in [4.78, 5) is 24.6. The number of carbonyl (C=O) groups excluding carboxylic acids is 1. The van der Waals surface area contributed by atoms with Crippen LogP contribution in [0.4, 0.5) is 0 Å². The molecule has 112 valence electrons. The molecule has 6 heteroatoms. The number of hydrogen-bond donors (Lipinski definition) is 0. The Morgan fingerprint density at radius 2 is 2.14 bits per heavy atom. The highest BCUT2D eigenvalue weighted by molar-refractivity contribution is 5.89. The van der Waals surface area contributed by atoms with E-state index >= 15 is 0 Å². The number of nitrogens with zero attached hydrogens (tertiary/aromatic N) is 3. The van der Waals surface area contributed by atoms with E-state index in [0.29, 0.717) is 22.5 Å². The summed E-state index contributed by atoms with van der Waals surface area (Å²) < 4.78 is 7.80. The molecule has 0 aliphatic heterocycles. The highest BCUT2D eigenvalue weighted by Gasteiger charge is 2.22. The summed E-state index contributed by atoms with van der Waals surface area (Å²) >= 11 is 0. The van der Waals surface area contributed by atoms with Crippen LogP contribution in [0.25, 0.3) is 5.65 Å². The predicted octanol–water partition coefficient (Wildman–Crippen LogP) is 1.40. The van der Waals surface area contributed by atoms with Crippen molar-refractivity contribution < 1.29 is 9.53 Å². The van der Waals surface area contributed by atoms with Crippen LogP contribution in [0.5, 0.6) is 0 Å². The second kappa shape index (κ2) is 5.79. The molecule has 22 heavy (non-hydrogen) atoms. The molecule has 0 radical (unpaired) electrons. The maximum atomic E-state index is 12.6. The topological polar surface area (TPSA) is 76.5 Å². The zero-order chi connectivity index (χ0) is 16.4. The van der Waals surface area contributed by atoms with Crippen molar-refractivity contribution >= 4 is 11.6 Å². The van der Waals surface area contributed by atoms with Gasteiger partial charge < -0.3 is 9.30 Å². The van der Waals surface area contributed by atoms with E-state index in [4.69, 9.17) is 11.2 Å². The van der Waals surface area contributed by atoms with E-state index < -0.39 is 11.5 Å². The lowest BCUT2D eigenvalue weighted by Gasteiger charge is -2.10. The molecular formula is C16H15N3O3. The zero-order valence-corrected chi connectivity index (χ0v) is 12.6. The van der Waals surface area contributed by atoms with E-state index in [1.165, 1.54) is 10.6 Å². The smallest absolute Gasteiger partial charge is 0.345 e. The number of esters is 1. The fraction of sp³-hybridized carbons (Fsp3) is 0.312. The fourth-order valence-electron chi connectivity index (χ4n) is 2.40. The summed E-state index contributed by atoms with van der Waals surface area (Å²) in [5.41, 5.74) is 1.45. The van der Waals surface area contributed by atoms with Crippen molar-refractivity contribution in [2.75, 3.05) is 6.61 Å². The van der Waals surface area contributed by atoms with Gasteiger partial charge >= 0.3 is 5.97 Å². The lowest BCUT2D eigenvalue weighted by atomic mass is 10.2. The lowest BCUT2D eigenvalue weighted by Crippen LogP contribution is -2.27. The van der Waals surface area contributed by atoms with Crippen LogP contribution in [0, 0.1) is 37.5 Å². The average molecular weight is 297 g/mol. The first kappa shape index (κ1) is 15.4. The largest absolute Gasteiger partial charge is 0.462 e. The third-order valence-corrected chi connectivity index (χ3v) is 3.55. The average Bonchev–Trinajstić information content (AvgIpc) is 2.75. The molecule has 0 saturated heterocycles. The maximum absolute atomic E-state index is 12.6. The quantitative estimate of drug-likeness (QED) is 0.634. The van der Waals surface area contributed by atoms with Crippen LogP contribution in [0.3, 0.4) is 0 Å². The minimum Gasteiger partial charge on any atom is -0.462 e. The molecule has 0 amide bonds. The molecule has 0 N–H and O–H groups in total. The van der Waals surface area contributed by atoms with Gasteiger partial charge in [-0.3, -0.25) is 9.20 Å². The number of aromatic nitrogens is 2. The molecule has 2 heterocycles. The molecular weight excluding hydrogens is 282 g/mol. The van der Waals surface area contributed by atoms with Gasteiger partial charge in [-0.1, -0.05) is 5.92 Å². The third kappa shape index (κ3) is 2.15. The molecule has 6 nitrogen and oxygen atoms in total. The third-order valence-electron chi connectivity index (χ3n) is 3.55. The zero-order valence-electron chi connectivity index (χ0n) is 12.6. The van der Waals surface area contributed by atoms with Gasteiger partial charge in [0.05, 0.1) is 18.7 Å². The Balaban J connectivity index is 2.97. The number of carbonyl (C=O) groups is 1. The number of ether oxygens (including phenoxy) is 1. The van der Waals surface area contributed by atoms with Crippen molar-refractivity contribution in [3.05, 3.63) is 38.9 Å². The molecule has 2 aromatic heterocycles. The van der Waals surface area contributed by atoms with Crippen molar-refractivity contribution in [2.24, 2.45) is 0 Å². The summed E-state index contributed by atoms with van der Waals surface area (Å²) in [5.74, 6) is 1.76. The number of nitriles is 1. The summed E-state index contributed by atoms with van der Waals surface area (Å²) in [7, 11) is 0. The van der Waals surface area contributed by atoms with Crippen molar-refractivity contribution in [3.63, 3.8) is 0 Å². The van der Waals surface area contributed by atoms with E-state index in [0.717, 1.165) is 0 Å². The minimum atomic E-state index is -0.704. The van der Waals surface area contributed by atoms with Gasteiger partial charge in [0.25, 0.3) is 5.56 Å². The van der Waals surface area contributed by atoms with Gasteiger partial charge in [-0.15, -0.1) is 6.42 Å². The second-order valence-corrected chi connectivity index (χ2v) is 4.76. The SMILES string of the molecule is C#CCn1cc(C(=O)OCC)c(=O)n2c(C)c(C)c(C#N)c12. The molecule has 0 aliphatic rings. The normalized spacial score (nSPS) is 10.2. The predicted molar refractivity (Wildman–Crippen MR) is 80.6 cm³/mol.